The Morgan fingerprint density at radius 3 is 2.38 bits per heavy atom. The number of carboxylic acids is 1. The van der Waals surface area contributed by atoms with Crippen molar-refractivity contribution in [2.45, 2.75) is 0 Å². The van der Waals surface area contributed by atoms with E-state index in [0.29, 0.717) is 0 Å². The van der Waals surface area contributed by atoms with E-state index in [0.717, 1.165) is 6.33 Å². The highest BCUT2D eigenvalue weighted by Gasteiger charge is 2.25. The van der Waals surface area contributed by atoms with Gasteiger partial charge in [-0.25, -0.2) is 4.79 Å². The zero-order valence-corrected chi connectivity index (χ0v) is 10.7. The van der Waals surface area contributed by atoms with Gasteiger partial charge in [0.25, 0.3) is 0 Å². The smallest absolute Gasteiger partial charge is 0.392 e. The Morgan fingerprint density at radius 1 is 1.24 bits per heavy atom. The zero-order valence-electron chi connectivity index (χ0n) is 10.7. The van der Waals surface area contributed by atoms with Crippen LogP contribution in [0.5, 0.6) is 17.5 Å². The second-order valence-corrected chi connectivity index (χ2v) is 3.73. The lowest BCUT2D eigenvalue weighted by molar-refractivity contribution is -0.387. The quantitative estimate of drug-likeness (QED) is 0.653. The monoisotopic (exact) mass is 291 g/mol. The van der Waals surface area contributed by atoms with E-state index in [9.17, 15) is 14.9 Å². The number of rotatable bonds is 5. The van der Waals surface area contributed by atoms with Gasteiger partial charge in [-0.05, 0) is 24.3 Å². The lowest BCUT2D eigenvalue weighted by Crippen LogP contribution is -2.01. The maximum atomic E-state index is 11.0. The standard InChI is InChI=1S/C12H9N3O6/c1-20-10-9(15(18)19)11(14-6-13-10)21-8-4-2-7(3-5-8)12(16)17/h2-6H,1H3,(H,16,17). The van der Waals surface area contributed by atoms with Crippen LogP contribution in [-0.2, 0) is 0 Å². The van der Waals surface area contributed by atoms with E-state index in [1.165, 1.54) is 31.4 Å². The van der Waals surface area contributed by atoms with Gasteiger partial charge < -0.3 is 14.6 Å². The van der Waals surface area contributed by atoms with Gasteiger partial charge in [-0.3, -0.25) is 10.1 Å². The second-order valence-electron chi connectivity index (χ2n) is 3.73. The van der Waals surface area contributed by atoms with Gasteiger partial charge in [0.05, 0.1) is 17.6 Å². The third kappa shape index (κ3) is 3.03. The molecule has 0 aliphatic rings. The molecule has 0 spiro atoms. The lowest BCUT2D eigenvalue weighted by atomic mass is 10.2. The molecule has 21 heavy (non-hydrogen) atoms. The molecular weight excluding hydrogens is 282 g/mol. The number of nitro groups is 1. The molecule has 0 bridgehead atoms. The summed E-state index contributed by atoms with van der Waals surface area (Å²) in [4.78, 5) is 28.3. The Balaban J connectivity index is 2.35. The molecule has 1 heterocycles. The van der Waals surface area contributed by atoms with Gasteiger partial charge in [-0.15, -0.1) is 0 Å². The number of hydrogen-bond donors (Lipinski definition) is 1. The molecule has 0 aliphatic carbocycles. The first-order valence-corrected chi connectivity index (χ1v) is 5.57. The molecule has 9 nitrogen and oxygen atoms in total. The molecule has 0 unspecified atom stereocenters. The topological polar surface area (TPSA) is 125 Å². The number of carbonyl (C=O) groups is 1. The number of aromatic carboxylic acids is 1. The number of methoxy groups -OCH3 is 1. The van der Waals surface area contributed by atoms with E-state index < -0.39 is 16.6 Å². The largest absolute Gasteiger partial charge is 0.478 e. The second kappa shape index (κ2) is 5.82. The lowest BCUT2D eigenvalue weighted by Gasteiger charge is -2.06. The van der Waals surface area contributed by atoms with Crippen LogP contribution in [-0.4, -0.2) is 33.1 Å². The van der Waals surface area contributed by atoms with Crippen LogP contribution in [0.3, 0.4) is 0 Å². The molecule has 0 saturated heterocycles. The number of nitrogens with zero attached hydrogens (tertiary/aromatic N) is 3. The van der Waals surface area contributed by atoms with Crippen LogP contribution in [0.4, 0.5) is 5.69 Å². The Hall–Kier alpha value is -3.23. The molecule has 0 fully saturated rings. The molecular formula is C12H9N3O6. The number of hydrogen-bond acceptors (Lipinski definition) is 7. The third-order valence-electron chi connectivity index (χ3n) is 2.45. The number of ether oxygens (including phenoxy) is 2. The summed E-state index contributed by atoms with van der Waals surface area (Å²) in [6.07, 6.45) is 1.06. The molecule has 1 N–H and O–H groups in total. The van der Waals surface area contributed by atoms with E-state index in [4.69, 9.17) is 14.6 Å². The van der Waals surface area contributed by atoms with E-state index in [2.05, 4.69) is 9.97 Å². The van der Waals surface area contributed by atoms with Gasteiger partial charge in [0, 0.05) is 0 Å². The molecule has 0 atom stereocenters. The van der Waals surface area contributed by atoms with Crippen LogP contribution in [0.15, 0.2) is 30.6 Å². The van der Waals surface area contributed by atoms with Crippen molar-refractivity contribution in [1.29, 1.82) is 0 Å². The minimum Gasteiger partial charge on any atom is -0.478 e. The van der Waals surface area contributed by atoms with E-state index in [1.54, 1.807) is 0 Å². The van der Waals surface area contributed by atoms with Crippen molar-refractivity contribution >= 4 is 11.7 Å². The Labute approximate surface area is 117 Å². The summed E-state index contributed by atoms with van der Waals surface area (Å²) >= 11 is 0. The molecule has 0 aliphatic heterocycles. The molecule has 0 amide bonds. The minimum atomic E-state index is -1.09. The van der Waals surface area contributed by atoms with Gasteiger partial charge in [0.1, 0.15) is 12.1 Å². The number of aromatic nitrogens is 2. The first-order chi connectivity index (χ1) is 10.0. The van der Waals surface area contributed by atoms with Crippen LogP contribution >= 0.6 is 0 Å². The fourth-order valence-corrected chi connectivity index (χ4v) is 1.50. The normalized spacial score (nSPS) is 9.95. The summed E-state index contributed by atoms with van der Waals surface area (Å²) in [5.74, 6) is -1.41. The van der Waals surface area contributed by atoms with Gasteiger partial charge in [-0.2, -0.15) is 9.97 Å². The maximum absolute atomic E-state index is 11.0. The first-order valence-electron chi connectivity index (χ1n) is 5.57. The molecule has 1 aromatic heterocycles. The van der Waals surface area contributed by atoms with Gasteiger partial charge in [0.15, 0.2) is 0 Å². The summed E-state index contributed by atoms with van der Waals surface area (Å²) in [5.41, 5.74) is -0.445. The Kier molecular flexibility index (Phi) is 3.93. The fraction of sp³-hybridized carbons (Fsp3) is 0.0833. The third-order valence-corrected chi connectivity index (χ3v) is 2.45. The fourth-order valence-electron chi connectivity index (χ4n) is 1.50. The predicted octanol–water partition coefficient (Wildman–Crippen LogP) is 1.88. The molecule has 2 aromatic rings. The average Bonchev–Trinajstić information content (AvgIpc) is 2.47. The van der Waals surface area contributed by atoms with Crippen LogP contribution in [0, 0.1) is 10.1 Å². The molecule has 108 valence electrons. The van der Waals surface area contributed by atoms with Gasteiger partial charge in [-0.1, -0.05) is 0 Å². The van der Waals surface area contributed by atoms with E-state index in [1.807, 2.05) is 0 Å². The van der Waals surface area contributed by atoms with Crippen molar-refractivity contribution in [3.8, 4) is 17.5 Å². The van der Waals surface area contributed by atoms with Gasteiger partial charge >= 0.3 is 23.4 Å². The van der Waals surface area contributed by atoms with Crippen molar-refractivity contribution in [2.24, 2.45) is 0 Å². The van der Waals surface area contributed by atoms with E-state index in [-0.39, 0.29) is 23.1 Å². The van der Waals surface area contributed by atoms with Crippen LogP contribution in [0.1, 0.15) is 10.4 Å². The summed E-state index contributed by atoms with van der Waals surface area (Å²) in [6, 6.07) is 5.34. The van der Waals surface area contributed by atoms with E-state index >= 15 is 0 Å². The van der Waals surface area contributed by atoms with Crippen LogP contribution < -0.4 is 9.47 Å². The number of benzene rings is 1. The maximum Gasteiger partial charge on any atom is 0.392 e. The molecule has 0 radical (unpaired) electrons. The molecule has 9 heteroatoms. The summed E-state index contributed by atoms with van der Waals surface area (Å²) in [6.45, 7) is 0. The summed E-state index contributed by atoms with van der Waals surface area (Å²) in [7, 11) is 1.24. The molecule has 0 saturated carbocycles. The average molecular weight is 291 g/mol. The van der Waals surface area contributed by atoms with Crippen molar-refractivity contribution in [2.75, 3.05) is 7.11 Å². The first kappa shape index (κ1) is 14.2. The summed E-state index contributed by atoms with van der Waals surface area (Å²) in [5, 5.41) is 19.8. The highest BCUT2D eigenvalue weighted by atomic mass is 16.6. The number of carboxylic acid groups (broad SMARTS) is 1. The van der Waals surface area contributed by atoms with Crippen molar-refractivity contribution < 1.29 is 24.3 Å². The van der Waals surface area contributed by atoms with Crippen molar-refractivity contribution in [3.63, 3.8) is 0 Å². The van der Waals surface area contributed by atoms with Crippen LogP contribution in [0.25, 0.3) is 0 Å². The zero-order chi connectivity index (χ0) is 15.4. The summed E-state index contributed by atoms with van der Waals surface area (Å²) < 4.78 is 10.1. The predicted molar refractivity (Wildman–Crippen MR) is 68.7 cm³/mol. The Morgan fingerprint density at radius 2 is 1.86 bits per heavy atom. The Bertz CT molecular complexity index is 686. The molecule has 2 rings (SSSR count). The highest BCUT2D eigenvalue weighted by Crippen LogP contribution is 2.35. The van der Waals surface area contributed by atoms with Crippen molar-refractivity contribution in [3.05, 3.63) is 46.3 Å². The van der Waals surface area contributed by atoms with Crippen LogP contribution in [0.2, 0.25) is 0 Å². The van der Waals surface area contributed by atoms with Gasteiger partial charge in [0.2, 0.25) is 0 Å². The SMILES string of the molecule is COc1ncnc(Oc2ccc(C(=O)O)cc2)c1[N+](=O)[O-]. The highest BCUT2D eigenvalue weighted by molar-refractivity contribution is 5.87. The molecule has 1 aromatic carbocycles. The minimum absolute atomic E-state index is 0.0668. The van der Waals surface area contributed by atoms with Crippen molar-refractivity contribution in [1.82, 2.24) is 9.97 Å².